The van der Waals surface area contributed by atoms with E-state index in [4.69, 9.17) is 5.26 Å². The number of nitrogens with zero attached hydrogens (tertiary/aromatic N) is 3. The average Bonchev–Trinajstić information content (AvgIpc) is 2.33. The normalized spacial score (nSPS) is 16.6. The zero-order valence-electron chi connectivity index (χ0n) is 13.0. The van der Waals surface area contributed by atoms with Crippen molar-refractivity contribution in [3.8, 4) is 6.07 Å². The molecular weight excluding hydrogens is 224 g/mol. The molecule has 106 valence electrons. The van der Waals surface area contributed by atoms with Crippen LogP contribution in [0, 0.1) is 11.3 Å². The van der Waals surface area contributed by atoms with Crippen molar-refractivity contribution < 1.29 is 0 Å². The van der Waals surface area contributed by atoms with Gasteiger partial charge in [0.05, 0.1) is 6.07 Å². The Balaban J connectivity index is 4.13. The third-order valence-electron chi connectivity index (χ3n) is 3.58. The number of likely N-dealkylation sites (N-methyl/N-ethyl adjacent to an activating group) is 2. The molecule has 0 amide bonds. The molecule has 18 heavy (non-hydrogen) atoms. The molecule has 0 aromatic carbocycles. The highest BCUT2D eigenvalue weighted by Crippen LogP contribution is 2.12. The maximum atomic E-state index is 9.10. The molecular formula is C14H30N4. The van der Waals surface area contributed by atoms with Crippen LogP contribution in [0.5, 0.6) is 0 Å². The van der Waals surface area contributed by atoms with Crippen molar-refractivity contribution in [2.24, 2.45) is 0 Å². The standard InChI is InChI=1S/C14H30N4/c1-7-18(13(2)11-17(5)6)10-8-9-14(3,12-15)16-4/h13,16H,7-11H2,1-6H3. The molecule has 2 atom stereocenters. The first-order valence-corrected chi connectivity index (χ1v) is 6.87. The minimum atomic E-state index is -0.385. The smallest absolute Gasteiger partial charge is 0.103 e. The molecule has 0 saturated carbocycles. The minimum absolute atomic E-state index is 0.385. The van der Waals surface area contributed by atoms with E-state index in [1.165, 1.54) is 0 Å². The van der Waals surface area contributed by atoms with Gasteiger partial charge in [-0.05, 0) is 60.9 Å². The van der Waals surface area contributed by atoms with E-state index in [1.54, 1.807) is 0 Å². The molecule has 0 rings (SSSR count). The van der Waals surface area contributed by atoms with Gasteiger partial charge in [-0.15, -0.1) is 0 Å². The molecule has 0 heterocycles. The minimum Gasteiger partial charge on any atom is -0.308 e. The summed E-state index contributed by atoms with van der Waals surface area (Å²) in [6.07, 6.45) is 1.95. The summed E-state index contributed by atoms with van der Waals surface area (Å²) in [5, 5.41) is 12.2. The van der Waals surface area contributed by atoms with E-state index in [-0.39, 0.29) is 5.54 Å². The van der Waals surface area contributed by atoms with Crippen molar-refractivity contribution >= 4 is 0 Å². The molecule has 0 aromatic rings. The van der Waals surface area contributed by atoms with Gasteiger partial charge in [0.15, 0.2) is 0 Å². The average molecular weight is 254 g/mol. The predicted octanol–water partition coefficient (Wildman–Crippen LogP) is 1.54. The van der Waals surface area contributed by atoms with Gasteiger partial charge in [0.2, 0.25) is 0 Å². The Hall–Kier alpha value is -0.630. The van der Waals surface area contributed by atoms with Gasteiger partial charge in [-0.3, -0.25) is 4.90 Å². The second kappa shape index (κ2) is 8.47. The fraction of sp³-hybridized carbons (Fsp3) is 0.929. The lowest BCUT2D eigenvalue weighted by molar-refractivity contribution is 0.175. The molecule has 0 saturated heterocycles. The Labute approximate surface area is 113 Å². The van der Waals surface area contributed by atoms with Crippen LogP contribution in [-0.4, -0.2) is 62.2 Å². The van der Waals surface area contributed by atoms with Crippen molar-refractivity contribution in [2.45, 2.75) is 45.2 Å². The Bertz CT molecular complexity index is 259. The molecule has 2 unspecified atom stereocenters. The van der Waals surface area contributed by atoms with Crippen LogP contribution in [0.3, 0.4) is 0 Å². The maximum absolute atomic E-state index is 9.10. The molecule has 4 nitrogen and oxygen atoms in total. The van der Waals surface area contributed by atoms with Crippen LogP contribution in [0.1, 0.15) is 33.6 Å². The zero-order chi connectivity index (χ0) is 14.2. The number of nitriles is 1. The number of nitrogens with one attached hydrogen (secondary N) is 1. The van der Waals surface area contributed by atoms with Crippen LogP contribution >= 0.6 is 0 Å². The lowest BCUT2D eigenvalue weighted by Crippen LogP contribution is -2.42. The summed E-state index contributed by atoms with van der Waals surface area (Å²) in [4.78, 5) is 4.70. The summed E-state index contributed by atoms with van der Waals surface area (Å²) in [6, 6.07) is 2.91. The fourth-order valence-electron chi connectivity index (χ4n) is 2.21. The quantitative estimate of drug-likeness (QED) is 0.678. The van der Waals surface area contributed by atoms with Crippen LogP contribution in [0.4, 0.5) is 0 Å². The summed E-state index contributed by atoms with van der Waals surface area (Å²) in [5.74, 6) is 0. The van der Waals surface area contributed by atoms with Gasteiger partial charge in [-0.25, -0.2) is 0 Å². The molecule has 0 aliphatic rings. The first kappa shape index (κ1) is 17.4. The van der Waals surface area contributed by atoms with E-state index in [0.717, 1.165) is 32.5 Å². The van der Waals surface area contributed by atoms with Gasteiger partial charge in [0, 0.05) is 12.6 Å². The molecule has 0 aliphatic heterocycles. The van der Waals surface area contributed by atoms with E-state index in [0.29, 0.717) is 6.04 Å². The Morgan fingerprint density at radius 2 is 2.00 bits per heavy atom. The van der Waals surface area contributed by atoms with Gasteiger partial charge in [-0.1, -0.05) is 6.92 Å². The number of hydrogen-bond acceptors (Lipinski definition) is 4. The molecule has 0 spiro atoms. The van der Waals surface area contributed by atoms with E-state index in [9.17, 15) is 0 Å². The van der Waals surface area contributed by atoms with Crippen LogP contribution < -0.4 is 5.32 Å². The van der Waals surface area contributed by atoms with Crippen molar-refractivity contribution in [2.75, 3.05) is 40.8 Å². The van der Waals surface area contributed by atoms with E-state index < -0.39 is 0 Å². The third-order valence-corrected chi connectivity index (χ3v) is 3.58. The maximum Gasteiger partial charge on any atom is 0.103 e. The van der Waals surface area contributed by atoms with Crippen LogP contribution in [0.2, 0.25) is 0 Å². The molecule has 0 aromatic heterocycles. The van der Waals surface area contributed by atoms with E-state index in [1.807, 2.05) is 14.0 Å². The summed E-state index contributed by atoms with van der Waals surface area (Å²) in [5.41, 5.74) is -0.385. The SMILES string of the molecule is CCN(CCCC(C)(C#N)NC)C(C)CN(C)C. The van der Waals surface area contributed by atoms with Crippen LogP contribution in [0.15, 0.2) is 0 Å². The predicted molar refractivity (Wildman–Crippen MR) is 77.6 cm³/mol. The molecule has 4 heteroatoms. The van der Waals surface area contributed by atoms with Gasteiger partial charge in [0.1, 0.15) is 5.54 Å². The van der Waals surface area contributed by atoms with Gasteiger partial charge in [0.25, 0.3) is 0 Å². The summed E-state index contributed by atoms with van der Waals surface area (Å²) < 4.78 is 0. The molecule has 1 N–H and O–H groups in total. The zero-order valence-corrected chi connectivity index (χ0v) is 13.0. The lowest BCUT2D eigenvalue weighted by atomic mass is 9.98. The monoisotopic (exact) mass is 254 g/mol. The number of rotatable bonds is 9. The van der Waals surface area contributed by atoms with Crippen molar-refractivity contribution in [3.63, 3.8) is 0 Å². The first-order valence-electron chi connectivity index (χ1n) is 6.87. The molecule has 0 bridgehead atoms. The fourth-order valence-corrected chi connectivity index (χ4v) is 2.21. The topological polar surface area (TPSA) is 42.3 Å². The van der Waals surface area contributed by atoms with Crippen molar-refractivity contribution in [3.05, 3.63) is 0 Å². The highest BCUT2D eigenvalue weighted by molar-refractivity contribution is 5.02. The highest BCUT2D eigenvalue weighted by atomic mass is 15.2. The molecule has 0 aliphatic carbocycles. The van der Waals surface area contributed by atoms with Gasteiger partial charge in [-0.2, -0.15) is 5.26 Å². The van der Waals surface area contributed by atoms with E-state index >= 15 is 0 Å². The van der Waals surface area contributed by atoms with Crippen LogP contribution in [-0.2, 0) is 0 Å². The second-order valence-electron chi connectivity index (χ2n) is 5.54. The Morgan fingerprint density at radius 1 is 1.39 bits per heavy atom. The van der Waals surface area contributed by atoms with E-state index in [2.05, 4.69) is 49.1 Å². The third kappa shape index (κ3) is 6.34. The Kier molecular flexibility index (Phi) is 8.17. The second-order valence-corrected chi connectivity index (χ2v) is 5.54. The van der Waals surface area contributed by atoms with Gasteiger partial charge >= 0.3 is 0 Å². The van der Waals surface area contributed by atoms with Crippen molar-refractivity contribution in [1.82, 2.24) is 15.1 Å². The molecule has 0 fully saturated rings. The molecule has 0 radical (unpaired) electrons. The van der Waals surface area contributed by atoms with Crippen LogP contribution in [0.25, 0.3) is 0 Å². The number of hydrogen-bond donors (Lipinski definition) is 1. The largest absolute Gasteiger partial charge is 0.308 e. The summed E-state index contributed by atoms with van der Waals surface area (Å²) in [7, 11) is 6.08. The van der Waals surface area contributed by atoms with Crippen molar-refractivity contribution in [1.29, 1.82) is 5.26 Å². The summed E-state index contributed by atoms with van der Waals surface area (Å²) in [6.45, 7) is 9.64. The Morgan fingerprint density at radius 3 is 2.39 bits per heavy atom. The first-order chi connectivity index (χ1) is 8.38. The summed E-state index contributed by atoms with van der Waals surface area (Å²) >= 11 is 0. The lowest BCUT2D eigenvalue weighted by Gasteiger charge is -2.31. The van der Waals surface area contributed by atoms with Gasteiger partial charge < -0.3 is 10.2 Å². The highest BCUT2D eigenvalue weighted by Gasteiger charge is 2.21.